The first-order chi connectivity index (χ1) is 15.9. The first-order valence-corrected chi connectivity index (χ1v) is 13.2. The molecular weight excluding hydrogens is 450 g/mol. The normalized spacial score (nSPS) is 17.4. The van der Waals surface area contributed by atoms with E-state index in [-0.39, 0.29) is 10.8 Å². The number of aromatic nitrogens is 1. The topological polar surface area (TPSA) is 103 Å². The van der Waals surface area contributed by atoms with Gasteiger partial charge < -0.3 is 15.5 Å². The van der Waals surface area contributed by atoms with Gasteiger partial charge in [0.1, 0.15) is 0 Å². The Morgan fingerprint density at radius 2 is 1.97 bits per heavy atom. The summed E-state index contributed by atoms with van der Waals surface area (Å²) in [5.74, 6) is 0.111. The number of pyridine rings is 1. The minimum atomic E-state index is -3.82. The molecule has 3 rings (SSSR count). The largest absolute Gasteiger partial charge is 0.379 e. The van der Waals surface area contributed by atoms with Crippen molar-refractivity contribution in [2.45, 2.75) is 57.5 Å². The van der Waals surface area contributed by atoms with Crippen molar-refractivity contribution in [3.05, 3.63) is 53.3 Å². The van der Waals surface area contributed by atoms with E-state index in [1.165, 1.54) is 6.07 Å². The first-order valence-electron chi connectivity index (χ1n) is 11.7. The summed E-state index contributed by atoms with van der Waals surface area (Å²) in [7, 11) is -1.73. The average molecular weight is 488 g/mol. The number of sulfonamides is 1. The molecule has 0 bridgehead atoms. The molecule has 1 aliphatic rings. The van der Waals surface area contributed by atoms with Crippen molar-refractivity contribution >= 4 is 21.6 Å². The number of piperidine rings is 1. The van der Waals surface area contributed by atoms with Crippen LogP contribution in [-0.4, -0.2) is 56.4 Å². The van der Waals surface area contributed by atoms with Crippen molar-refractivity contribution in [3.8, 4) is 0 Å². The summed E-state index contributed by atoms with van der Waals surface area (Å²) in [4.78, 5) is 19.8. The molecule has 186 valence electrons. The Morgan fingerprint density at radius 3 is 2.65 bits per heavy atom. The predicted molar refractivity (Wildman–Crippen MR) is 135 cm³/mol. The monoisotopic (exact) mass is 487 g/mol. The van der Waals surface area contributed by atoms with E-state index in [9.17, 15) is 13.2 Å². The van der Waals surface area contributed by atoms with Gasteiger partial charge in [0.05, 0.1) is 17.1 Å². The van der Waals surface area contributed by atoms with Crippen LogP contribution in [0.4, 0.5) is 5.69 Å². The predicted octanol–water partition coefficient (Wildman–Crippen LogP) is 3.15. The van der Waals surface area contributed by atoms with E-state index in [0.29, 0.717) is 30.3 Å². The van der Waals surface area contributed by atoms with Crippen LogP contribution in [0.5, 0.6) is 0 Å². The van der Waals surface area contributed by atoms with Crippen molar-refractivity contribution in [1.29, 1.82) is 0 Å². The highest BCUT2D eigenvalue weighted by molar-refractivity contribution is 7.89. The molecule has 0 aliphatic carbocycles. The Hall–Kier alpha value is -2.49. The minimum absolute atomic E-state index is 0.0483. The van der Waals surface area contributed by atoms with Crippen molar-refractivity contribution < 1.29 is 13.2 Å². The second-order valence-electron chi connectivity index (χ2n) is 10.2. The number of rotatable bonds is 8. The molecule has 1 aromatic heterocycles. The van der Waals surface area contributed by atoms with Gasteiger partial charge in [0.15, 0.2) is 0 Å². The number of nitrogens with zero attached hydrogens (tertiary/aromatic N) is 2. The first kappa shape index (κ1) is 26.1. The van der Waals surface area contributed by atoms with E-state index in [4.69, 9.17) is 0 Å². The molecule has 2 heterocycles. The Labute approximate surface area is 203 Å². The number of hydrogen-bond acceptors (Lipinski definition) is 6. The molecule has 1 amide bonds. The Morgan fingerprint density at radius 1 is 1.21 bits per heavy atom. The highest BCUT2D eigenvalue weighted by atomic mass is 32.2. The van der Waals surface area contributed by atoms with Crippen molar-refractivity contribution in [2.24, 2.45) is 5.92 Å². The van der Waals surface area contributed by atoms with E-state index in [0.717, 1.165) is 37.3 Å². The maximum absolute atomic E-state index is 13.0. The van der Waals surface area contributed by atoms with Crippen LogP contribution in [0, 0.1) is 12.8 Å². The Balaban J connectivity index is 1.83. The molecule has 0 saturated carbocycles. The molecule has 1 aromatic carbocycles. The standard InChI is InChI=1S/C25H37N5O3S/c1-18-8-6-10-21(28-18)16-26-22-12-20(13-23(14-22)34(32,33)29-25(2,3)4)24(31)27-15-19-9-7-11-30(5)17-19/h6,8,10,12-14,19,26,29H,7,9,11,15-17H2,1-5H3,(H,27,31). The molecule has 34 heavy (non-hydrogen) atoms. The van der Waals surface area contributed by atoms with Gasteiger partial charge in [-0.2, -0.15) is 0 Å². The van der Waals surface area contributed by atoms with E-state index in [1.807, 2.05) is 25.1 Å². The second kappa shape index (κ2) is 10.8. The summed E-state index contributed by atoms with van der Waals surface area (Å²) in [5, 5.41) is 6.23. The van der Waals surface area contributed by atoms with Gasteiger partial charge in [0.2, 0.25) is 10.0 Å². The van der Waals surface area contributed by atoms with E-state index in [1.54, 1.807) is 32.9 Å². The van der Waals surface area contributed by atoms with Gasteiger partial charge in [-0.1, -0.05) is 6.07 Å². The van der Waals surface area contributed by atoms with Gasteiger partial charge in [-0.3, -0.25) is 9.78 Å². The third kappa shape index (κ3) is 7.78. The van der Waals surface area contributed by atoms with Gasteiger partial charge in [-0.25, -0.2) is 13.1 Å². The molecule has 1 unspecified atom stereocenters. The number of nitrogens with one attached hydrogen (secondary N) is 3. The summed E-state index contributed by atoms with van der Waals surface area (Å²) < 4.78 is 28.8. The molecule has 0 radical (unpaired) electrons. The van der Waals surface area contributed by atoms with E-state index < -0.39 is 15.6 Å². The zero-order valence-corrected chi connectivity index (χ0v) is 21.6. The van der Waals surface area contributed by atoms with Gasteiger partial charge in [0.25, 0.3) is 5.91 Å². The third-order valence-corrected chi connectivity index (χ3v) is 7.35. The van der Waals surface area contributed by atoms with Crippen LogP contribution >= 0.6 is 0 Å². The zero-order valence-electron chi connectivity index (χ0n) is 20.8. The van der Waals surface area contributed by atoms with Crippen LogP contribution in [0.15, 0.2) is 41.3 Å². The van der Waals surface area contributed by atoms with E-state index >= 15 is 0 Å². The quantitative estimate of drug-likeness (QED) is 0.529. The summed E-state index contributed by atoms with van der Waals surface area (Å²) in [6.45, 7) is 10.3. The fourth-order valence-corrected chi connectivity index (χ4v) is 5.61. The molecule has 3 N–H and O–H groups in total. The average Bonchev–Trinajstić information content (AvgIpc) is 2.74. The molecule has 1 saturated heterocycles. The molecular formula is C25H37N5O3S. The van der Waals surface area contributed by atoms with Crippen LogP contribution in [-0.2, 0) is 16.6 Å². The highest BCUT2D eigenvalue weighted by Gasteiger charge is 2.24. The minimum Gasteiger partial charge on any atom is -0.379 e. The van der Waals surface area contributed by atoms with Gasteiger partial charge in [-0.15, -0.1) is 0 Å². The van der Waals surface area contributed by atoms with Crippen molar-refractivity contribution in [1.82, 2.24) is 19.9 Å². The highest BCUT2D eigenvalue weighted by Crippen LogP contribution is 2.22. The summed E-state index contributed by atoms with van der Waals surface area (Å²) in [6.07, 6.45) is 2.19. The van der Waals surface area contributed by atoms with Crippen molar-refractivity contribution in [2.75, 3.05) is 32.0 Å². The zero-order chi connectivity index (χ0) is 24.9. The summed E-state index contributed by atoms with van der Waals surface area (Å²) >= 11 is 0. The maximum Gasteiger partial charge on any atom is 0.251 e. The number of aryl methyl sites for hydroxylation is 1. The third-order valence-electron chi connectivity index (χ3n) is 5.61. The summed E-state index contributed by atoms with van der Waals surface area (Å²) in [5.41, 5.74) is 1.93. The lowest BCUT2D eigenvalue weighted by atomic mass is 9.98. The lowest BCUT2D eigenvalue weighted by Gasteiger charge is -2.29. The molecule has 1 fully saturated rings. The molecule has 9 heteroatoms. The number of amides is 1. The Kier molecular flexibility index (Phi) is 8.33. The van der Waals surface area contributed by atoms with Crippen LogP contribution in [0.2, 0.25) is 0 Å². The van der Waals surface area contributed by atoms with Gasteiger partial charge in [0, 0.05) is 35.6 Å². The number of hydrogen-bond donors (Lipinski definition) is 3. The maximum atomic E-state index is 13.0. The molecule has 1 atom stereocenters. The molecule has 0 spiro atoms. The lowest BCUT2D eigenvalue weighted by Crippen LogP contribution is -2.40. The van der Waals surface area contributed by atoms with E-state index in [2.05, 4.69) is 32.3 Å². The number of carbonyl (C=O) groups excluding carboxylic acids is 1. The number of benzene rings is 1. The van der Waals surface area contributed by atoms with Crippen LogP contribution in [0.1, 0.15) is 55.4 Å². The van der Waals surface area contributed by atoms with Crippen LogP contribution in [0.3, 0.4) is 0 Å². The van der Waals surface area contributed by atoms with Crippen LogP contribution < -0.4 is 15.4 Å². The fourth-order valence-electron chi connectivity index (χ4n) is 4.12. The number of carbonyl (C=O) groups is 1. The van der Waals surface area contributed by atoms with Gasteiger partial charge >= 0.3 is 0 Å². The SMILES string of the molecule is Cc1cccc(CNc2cc(C(=O)NCC3CCCN(C)C3)cc(S(=O)(=O)NC(C)(C)C)c2)n1. The lowest BCUT2D eigenvalue weighted by molar-refractivity contribution is 0.0936. The second-order valence-corrected chi connectivity index (χ2v) is 11.9. The number of likely N-dealkylation sites (tertiary alicyclic amines) is 1. The van der Waals surface area contributed by atoms with Gasteiger partial charge in [-0.05, 0) is 90.4 Å². The van der Waals surface area contributed by atoms with Crippen molar-refractivity contribution in [3.63, 3.8) is 0 Å². The number of anilines is 1. The Bertz CT molecular complexity index is 1110. The summed E-state index contributed by atoms with van der Waals surface area (Å²) in [6, 6.07) is 10.4. The van der Waals surface area contributed by atoms with Crippen LogP contribution in [0.25, 0.3) is 0 Å². The fraction of sp³-hybridized carbons (Fsp3) is 0.520. The molecule has 8 nitrogen and oxygen atoms in total. The smallest absolute Gasteiger partial charge is 0.251 e. The molecule has 1 aliphatic heterocycles. The molecule has 2 aromatic rings.